The van der Waals surface area contributed by atoms with Gasteiger partial charge in [0.15, 0.2) is 0 Å². The second kappa shape index (κ2) is 8.24. The number of rotatable bonds is 4. The van der Waals surface area contributed by atoms with E-state index in [0.29, 0.717) is 0 Å². The molecular formula is C32H24O2. The Bertz CT molecular complexity index is 1520. The van der Waals surface area contributed by atoms with E-state index in [9.17, 15) is 0 Å². The zero-order valence-corrected chi connectivity index (χ0v) is 19.2. The molecule has 0 unspecified atom stereocenters. The minimum atomic E-state index is 0.859. The highest BCUT2D eigenvalue weighted by atomic mass is 16.5. The third-order valence-electron chi connectivity index (χ3n) is 6.65. The van der Waals surface area contributed by atoms with Gasteiger partial charge in [-0.15, -0.1) is 0 Å². The lowest BCUT2D eigenvalue weighted by Gasteiger charge is -2.18. The molecule has 0 N–H and O–H groups in total. The maximum Gasteiger partial charge on any atom is 0.118 e. The van der Waals surface area contributed by atoms with Crippen LogP contribution < -0.4 is 9.47 Å². The summed E-state index contributed by atoms with van der Waals surface area (Å²) in [5.74, 6) is 1.72. The minimum absolute atomic E-state index is 0.859. The molecule has 0 aliphatic rings. The van der Waals surface area contributed by atoms with Crippen LogP contribution in [0.1, 0.15) is 0 Å². The zero-order chi connectivity index (χ0) is 23.1. The van der Waals surface area contributed by atoms with Crippen molar-refractivity contribution in [3.05, 3.63) is 109 Å². The maximum atomic E-state index is 5.42. The lowest BCUT2D eigenvalue weighted by atomic mass is 9.86. The molecule has 0 atom stereocenters. The van der Waals surface area contributed by atoms with Crippen LogP contribution in [0.15, 0.2) is 109 Å². The summed E-state index contributed by atoms with van der Waals surface area (Å²) in [6.07, 6.45) is 0. The molecule has 34 heavy (non-hydrogen) atoms. The molecule has 0 aliphatic heterocycles. The molecule has 0 aliphatic carbocycles. The van der Waals surface area contributed by atoms with Gasteiger partial charge < -0.3 is 9.47 Å². The first-order chi connectivity index (χ1) is 16.8. The van der Waals surface area contributed by atoms with Crippen molar-refractivity contribution in [3.63, 3.8) is 0 Å². The van der Waals surface area contributed by atoms with Gasteiger partial charge in [0.05, 0.1) is 14.2 Å². The van der Waals surface area contributed by atoms with E-state index in [2.05, 4.69) is 84.9 Å². The van der Waals surface area contributed by atoms with Crippen molar-refractivity contribution in [2.75, 3.05) is 14.2 Å². The number of methoxy groups -OCH3 is 2. The molecule has 2 nitrogen and oxygen atoms in total. The topological polar surface area (TPSA) is 18.5 Å². The van der Waals surface area contributed by atoms with Gasteiger partial charge in [0.25, 0.3) is 0 Å². The van der Waals surface area contributed by atoms with Crippen molar-refractivity contribution in [2.45, 2.75) is 0 Å². The molecule has 6 aromatic rings. The smallest absolute Gasteiger partial charge is 0.118 e. The summed E-state index contributed by atoms with van der Waals surface area (Å²) in [4.78, 5) is 0. The molecule has 2 heteroatoms. The van der Waals surface area contributed by atoms with Crippen LogP contribution in [0, 0.1) is 0 Å². The molecule has 0 amide bonds. The van der Waals surface area contributed by atoms with E-state index < -0.39 is 0 Å². The molecule has 0 bridgehead atoms. The Hall–Kier alpha value is -4.30. The fraction of sp³-hybridized carbons (Fsp3) is 0.0625. The fourth-order valence-corrected chi connectivity index (χ4v) is 5.01. The lowest BCUT2D eigenvalue weighted by Crippen LogP contribution is -1.91. The Kier molecular flexibility index (Phi) is 4.92. The van der Waals surface area contributed by atoms with Crippen LogP contribution in [0.5, 0.6) is 11.5 Å². The largest absolute Gasteiger partial charge is 0.497 e. The summed E-state index contributed by atoms with van der Waals surface area (Å²) in [6, 6.07) is 38.7. The molecule has 0 radical (unpaired) electrons. The van der Waals surface area contributed by atoms with Crippen LogP contribution in [-0.2, 0) is 0 Å². The molecule has 0 saturated carbocycles. The first kappa shape index (κ1) is 20.3. The molecular weight excluding hydrogens is 416 g/mol. The minimum Gasteiger partial charge on any atom is -0.497 e. The van der Waals surface area contributed by atoms with Gasteiger partial charge >= 0.3 is 0 Å². The predicted octanol–water partition coefficient (Wildman–Crippen LogP) is 8.50. The van der Waals surface area contributed by atoms with E-state index in [-0.39, 0.29) is 0 Å². The highest BCUT2D eigenvalue weighted by molar-refractivity contribution is 6.22. The van der Waals surface area contributed by atoms with Gasteiger partial charge in [0.1, 0.15) is 11.5 Å². The number of hydrogen-bond donors (Lipinski definition) is 0. The number of benzene rings is 6. The Labute approximate surface area is 199 Å². The summed E-state index contributed by atoms with van der Waals surface area (Å²) >= 11 is 0. The second-order valence-corrected chi connectivity index (χ2v) is 8.50. The summed E-state index contributed by atoms with van der Waals surface area (Å²) < 4.78 is 10.8. The molecule has 0 aromatic heterocycles. The van der Waals surface area contributed by atoms with E-state index >= 15 is 0 Å². The number of hydrogen-bond acceptors (Lipinski definition) is 2. The normalized spacial score (nSPS) is 11.2. The Morgan fingerprint density at radius 3 is 1.18 bits per heavy atom. The average Bonchev–Trinajstić information content (AvgIpc) is 2.90. The summed E-state index contributed by atoms with van der Waals surface area (Å²) in [5, 5.41) is 7.44. The summed E-state index contributed by atoms with van der Waals surface area (Å²) in [7, 11) is 3.41. The highest BCUT2D eigenvalue weighted by Gasteiger charge is 2.16. The molecule has 0 saturated heterocycles. The number of fused-ring (bicyclic) bond motifs is 3. The summed E-state index contributed by atoms with van der Waals surface area (Å²) in [5.41, 5.74) is 4.85. The average molecular weight is 441 g/mol. The standard InChI is InChI=1S/C32H24O2/c1-33-25-15-11-21(12-16-25)31-27-9-5-3-7-23(27)20-30-29(31)19-24-8-4-6-10-28(24)32(30)22-13-17-26(34-2)18-14-22/h3-20H,1-2H3. The van der Waals surface area contributed by atoms with Crippen molar-refractivity contribution in [1.82, 2.24) is 0 Å². The third-order valence-corrected chi connectivity index (χ3v) is 6.65. The predicted molar refractivity (Wildman–Crippen MR) is 143 cm³/mol. The monoisotopic (exact) mass is 440 g/mol. The van der Waals surface area contributed by atoms with E-state index in [1.807, 2.05) is 24.3 Å². The SMILES string of the molecule is COc1ccc(-c2c3ccccc3cc3c(-c4ccc(OC)cc4)c4ccccc4cc23)cc1. The van der Waals surface area contributed by atoms with Crippen molar-refractivity contribution in [3.8, 4) is 33.8 Å². The van der Waals surface area contributed by atoms with Gasteiger partial charge in [-0.3, -0.25) is 0 Å². The van der Waals surface area contributed by atoms with Crippen molar-refractivity contribution in [2.24, 2.45) is 0 Å². The first-order valence-corrected chi connectivity index (χ1v) is 11.4. The van der Waals surface area contributed by atoms with Crippen LogP contribution in [0.3, 0.4) is 0 Å². The molecule has 6 rings (SSSR count). The van der Waals surface area contributed by atoms with E-state index in [1.165, 1.54) is 54.6 Å². The second-order valence-electron chi connectivity index (χ2n) is 8.50. The molecule has 0 spiro atoms. The van der Waals surface area contributed by atoms with E-state index in [1.54, 1.807) is 14.2 Å². The molecule has 0 heterocycles. The third kappa shape index (κ3) is 3.27. The van der Waals surface area contributed by atoms with Gasteiger partial charge in [0, 0.05) is 0 Å². The van der Waals surface area contributed by atoms with Gasteiger partial charge in [-0.2, -0.15) is 0 Å². The fourth-order valence-electron chi connectivity index (χ4n) is 5.01. The van der Waals surface area contributed by atoms with Crippen molar-refractivity contribution >= 4 is 32.3 Å². The van der Waals surface area contributed by atoms with Crippen molar-refractivity contribution in [1.29, 1.82) is 0 Å². The quantitative estimate of drug-likeness (QED) is 0.256. The van der Waals surface area contributed by atoms with Gasteiger partial charge in [0.2, 0.25) is 0 Å². The Morgan fingerprint density at radius 1 is 0.412 bits per heavy atom. The molecule has 6 aromatic carbocycles. The van der Waals surface area contributed by atoms with E-state index in [4.69, 9.17) is 9.47 Å². The van der Waals surface area contributed by atoms with E-state index in [0.717, 1.165) is 11.5 Å². The van der Waals surface area contributed by atoms with Crippen LogP contribution in [-0.4, -0.2) is 14.2 Å². The lowest BCUT2D eigenvalue weighted by molar-refractivity contribution is 0.415. The maximum absolute atomic E-state index is 5.42. The van der Waals surface area contributed by atoms with Crippen LogP contribution in [0.25, 0.3) is 54.6 Å². The van der Waals surface area contributed by atoms with Gasteiger partial charge in [-0.25, -0.2) is 0 Å². The first-order valence-electron chi connectivity index (χ1n) is 11.4. The highest BCUT2D eigenvalue weighted by Crippen LogP contribution is 2.44. The number of ether oxygens (including phenoxy) is 2. The van der Waals surface area contributed by atoms with Crippen LogP contribution >= 0.6 is 0 Å². The zero-order valence-electron chi connectivity index (χ0n) is 19.2. The molecule has 0 fully saturated rings. The Balaban J connectivity index is 1.78. The van der Waals surface area contributed by atoms with Crippen molar-refractivity contribution < 1.29 is 9.47 Å². The van der Waals surface area contributed by atoms with Gasteiger partial charge in [-0.05, 0) is 91.0 Å². The molecule has 164 valence electrons. The summed E-state index contributed by atoms with van der Waals surface area (Å²) in [6.45, 7) is 0. The van der Waals surface area contributed by atoms with Gasteiger partial charge in [-0.1, -0.05) is 72.8 Å². The van der Waals surface area contributed by atoms with Crippen LogP contribution in [0.2, 0.25) is 0 Å². The Morgan fingerprint density at radius 2 is 0.794 bits per heavy atom. The van der Waals surface area contributed by atoms with Crippen LogP contribution in [0.4, 0.5) is 0 Å².